The van der Waals surface area contributed by atoms with Gasteiger partial charge in [-0.1, -0.05) is 28.9 Å². The Labute approximate surface area is 191 Å². The van der Waals surface area contributed by atoms with Crippen LogP contribution in [0.25, 0.3) is 17.0 Å². The van der Waals surface area contributed by atoms with Crippen LogP contribution in [-0.4, -0.2) is 33.3 Å². The zero-order chi connectivity index (χ0) is 22.0. The van der Waals surface area contributed by atoms with Gasteiger partial charge in [0.25, 0.3) is 5.89 Å². The Kier molecular flexibility index (Phi) is 6.25. The molecule has 0 amide bonds. The van der Waals surface area contributed by atoms with Gasteiger partial charge in [-0.2, -0.15) is 4.98 Å². The number of rotatable bonds is 6. The quantitative estimate of drug-likeness (QED) is 0.495. The zero-order valence-corrected chi connectivity index (χ0v) is 19.1. The van der Waals surface area contributed by atoms with Crippen molar-refractivity contribution in [3.05, 3.63) is 70.7 Å². The van der Waals surface area contributed by atoms with Crippen LogP contribution in [0.3, 0.4) is 0 Å². The van der Waals surface area contributed by atoms with Crippen molar-refractivity contribution in [3.8, 4) is 17.1 Å². The van der Waals surface area contributed by atoms with Crippen molar-refractivity contribution in [1.82, 2.24) is 20.4 Å². The van der Waals surface area contributed by atoms with Gasteiger partial charge in [0.1, 0.15) is 5.75 Å². The number of halogens is 1. The molecule has 6 nitrogen and oxygen atoms in total. The first-order chi connectivity index (χ1) is 15.0. The fourth-order valence-electron chi connectivity index (χ4n) is 3.66. The molecule has 2 aromatic carbocycles. The Bertz CT molecular complexity index is 1110. The molecule has 1 aromatic heterocycles. The van der Waals surface area contributed by atoms with E-state index in [9.17, 15) is 0 Å². The van der Waals surface area contributed by atoms with Gasteiger partial charge in [0.05, 0.1) is 18.2 Å². The first kappa shape index (κ1) is 21.3. The predicted molar refractivity (Wildman–Crippen MR) is 126 cm³/mol. The molecule has 0 spiro atoms. The molecule has 31 heavy (non-hydrogen) atoms. The molecular formula is C23H23ClN4O2S. The average Bonchev–Trinajstić information content (AvgIpc) is 3.24. The molecule has 8 heteroatoms. The Morgan fingerprint density at radius 1 is 1.13 bits per heavy atom. The van der Waals surface area contributed by atoms with E-state index in [1.807, 2.05) is 67.3 Å². The number of nitrogens with one attached hydrogen (secondary N) is 1. The van der Waals surface area contributed by atoms with E-state index < -0.39 is 0 Å². The first-order valence-electron chi connectivity index (χ1n) is 10.1. The lowest BCUT2D eigenvalue weighted by molar-refractivity contribution is 0.340. The summed E-state index contributed by atoms with van der Waals surface area (Å²) in [5, 5.41) is 8.98. The van der Waals surface area contributed by atoms with E-state index in [0.717, 1.165) is 34.7 Å². The van der Waals surface area contributed by atoms with Gasteiger partial charge >= 0.3 is 0 Å². The summed E-state index contributed by atoms with van der Waals surface area (Å²) in [5.41, 5.74) is 3.74. The topological polar surface area (TPSA) is 63.4 Å². The molecule has 0 aliphatic carbocycles. The summed E-state index contributed by atoms with van der Waals surface area (Å²) in [4.78, 5) is 6.73. The fraction of sp³-hybridized carbons (Fsp3) is 0.261. The van der Waals surface area contributed by atoms with Crippen LogP contribution in [0.15, 0.2) is 58.8 Å². The lowest BCUT2D eigenvalue weighted by Gasteiger charge is -2.36. The maximum Gasteiger partial charge on any atom is 0.258 e. The van der Waals surface area contributed by atoms with Gasteiger partial charge in [-0.25, -0.2) is 0 Å². The molecule has 3 aromatic rings. The van der Waals surface area contributed by atoms with Gasteiger partial charge in [0.15, 0.2) is 5.11 Å². The van der Waals surface area contributed by atoms with Crippen LogP contribution in [0, 0.1) is 0 Å². The minimum Gasteiger partial charge on any atom is -0.494 e. The number of aromatic nitrogens is 2. The third-order valence-electron chi connectivity index (χ3n) is 5.20. The molecular weight excluding hydrogens is 432 g/mol. The van der Waals surface area contributed by atoms with Crippen molar-refractivity contribution in [2.75, 3.05) is 13.2 Å². The second-order valence-electron chi connectivity index (χ2n) is 7.06. The molecule has 160 valence electrons. The van der Waals surface area contributed by atoms with Crippen molar-refractivity contribution in [3.63, 3.8) is 0 Å². The summed E-state index contributed by atoms with van der Waals surface area (Å²) in [5.74, 6) is 1.78. The van der Waals surface area contributed by atoms with Crippen LogP contribution in [0.2, 0.25) is 5.02 Å². The summed E-state index contributed by atoms with van der Waals surface area (Å²) in [6.45, 7) is 7.38. The molecule has 1 aliphatic heterocycles. The van der Waals surface area contributed by atoms with Gasteiger partial charge in [0, 0.05) is 22.8 Å². The highest BCUT2D eigenvalue weighted by Crippen LogP contribution is 2.37. The first-order valence-corrected chi connectivity index (χ1v) is 10.9. The summed E-state index contributed by atoms with van der Waals surface area (Å²) < 4.78 is 11.2. The number of thiocarbonyl (C=S) groups is 1. The molecule has 1 atom stereocenters. The van der Waals surface area contributed by atoms with E-state index in [-0.39, 0.29) is 6.04 Å². The summed E-state index contributed by atoms with van der Waals surface area (Å²) in [6.07, 6.45) is 0. The summed E-state index contributed by atoms with van der Waals surface area (Å²) >= 11 is 11.7. The van der Waals surface area contributed by atoms with Crippen LogP contribution < -0.4 is 10.1 Å². The Balaban J connectivity index is 1.74. The van der Waals surface area contributed by atoms with Crippen LogP contribution >= 0.6 is 23.8 Å². The van der Waals surface area contributed by atoms with Crippen LogP contribution in [0.4, 0.5) is 0 Å². The standard InChI is InChI=1S/C23H23ClN4O2S/c1-4-28-14(3)19(20(25-23(28)31)15-6-10-17(24)11-7-15)22-26-21(27-30-22)16-8-12-18(13-9-16)29-5-2/h6-13,20H,4-5H2,1-3H3,(H,25,31). The largest absolute Gasteiger partial charge is 0.494 e. The Morgan fingerprint density at radius 2 is 1.84 bits per heavy atom. The Morgan fingerprint density at radius 3 is 2.48 bits per heavy atom. The average molecular weight is 455 g/mol. The van der Waals surface area contributed by atoms with Gasteiger partial charge in [-0.15, -0.1) is 0 Å². The molecule has 4 rings (SSSR count). The van der Waals surface area contributed by atoms with Gasteiger partial charge in [-0.3, -0.25) is 0 Å². The molecule has 0 radical (unpaired) electrons. The van der Waals surface area contributed by atoms with Crippen molar-refractivity contribution in [2.45, 2.75) is 26.8 Å². The van der Waals surface area contributed by atoms with Crippen molar-refractivity contribution in [1.29, 1.82) is 0 Å². The van der Waals surface area contributed by atoms with Gasteiger partial charge in [-0.05, 0) is 75.0 Å². The van der Waals surface area contributed by atoms with E-state index in [4.69, 9.17) is 38.1 Å². The highest BCUT2D eigenvalue weighted by Gasteiger charge is 2.33. The Hall–Kier alpha value is -2.90. The number of benzene rings is 2. The molecule has 0 saturated carbocycles. The fourth-order valence-corrected chi connectivity index (χ4v) is 4.17. The van der Waals surface area contributed by atoms with Crippen LogP contribution in [-0.2, 0) is 0 Å². The lowest BCUT2D eigenvalue weighted by Crippen LogP contribution is -2.45. The second kappa shape index (κ2) is 9.08. The maximum atomic E-state index is 6.09. The number of allylic oxidation sites excluding steroid dienone is 1. The molecule has 1 aliphatic rings. The third-order valence-corrected chi connectivity index (χ3v) is 5.79. The number of hydrogen-bond acceptors (Lipinski definition) is 5. The minimum atomic E-state index is -0.221. The highest BCUT2D eigenvalue weighted by atomic mass is 35.5. The second-order valence-corrected chi connectivity index (χ2v) is 7.88. The summed E-state index contributed by atoms with van der Waals surface area (Å²) in [6, 6.07) is 15.1. The summed E-state index contributed by atoms with van der Waals surface area (Å²) in [7, 11) is 0. The molecule has 0 saturated heterocycles. The van der Waals surface area contributed by atoms with Crippen LogP contribution in [0.1, 0.15) is 38.3 Å². The smallest absolute Gasteiger partial charge is 0.258 e. The molecule has 0 bridgehead atoms. The molecule has 0 fully saturated rings. The molecule has 2 heterocycles. The highest BCUT2D eigenvalue weighted by molar-refractivity contribution is 7.80. The number of ether oxygens (including phenoxy) is 1. The van der Waals surface area contributed by atoms with E-state index in [0.29, 0.717) is 28.5 Å². The molecule has 1 unspecified atom stereocenters. The minimum absolute atomic E-state index is 0.221. The van der Waals surface area contributed by atoms with Crippen molar-refractivity contribution < 1.29 is 9.26 Å². The van der Waals surface area contributed by atoms with Crippen molar-refractivity contribution >= 4 is 34.5 Å². The van der Waals surface area contributed by atoms with Gasteiger partial charge < -0.3 is 19.5 Å². The SMILES string of the molecule is CCOc1ccc(-c2noc(C3=C(C)N(CC)C(=S)NC3c3ccc(Cl)cc3)n2)cc1. The van der Waals surface area contributed by atoms with E-state index >= 15 is 0 Å². The maximum absolute atomic E-state index is 6.09. The normalized spacial score (nSPS) is 16.5. The predicted octanol–water partition coefficient (Wildman–Crippen LogP) is 5.47. The monoisotopic (exact) mass is 454 g/mol. The van der Waals surface area contributed by atoms with E-state index in [2.05, 4.69) is 17.4 Å². The zero-order valence-electron chi connectivity index (χ0n) is 17.6. The van der Waals surface area contributed by atoms with Crippen molar-refractivity contribution in [2.24, 2.45) is 0 Å². The van der Waals surface area contributed by atoms with E-state index in [1.54, 1.807) is 0 Å². The number of hydrogen-bond donors (Lipinski definition) is 1. The van der Waals surface area contributed by atoms with E-state index in [1.165, 1.54) is 0 Å². The van der Waals surface area contributed by atoms with Gasteiger partial charge in [0.2, 0.25) is 5.82 Å². The number of nitrogens with zero attached hydrogens (tertiary/aromatic N) is 3. The molecule has 1 N–H and O–H groups in total. The van der Waals surface area contributed by atoms with Crippen LogP contribution in [0.5, 0.6) is 5.75 Å². The lowest BCUT2D eigenvalue weighted by atomic mass is 9.95. The third kappa shape index (κ3) is 4.29.